The second-order valence-electron chi connectivity index (χ2n) is 12.5. The summed E-state index contributed by atoms with van der Waals surface area (Å²) in [6.07, 6.45) is 1.53. The van der Waals surface area contributed by atoms with E-state index in [1.54, 1.807) is 12.1 Å². The van der Waals surface area contributed by atoms with Gasteiger partial charge >= 0.3 is 5.97 Å². The number of carboxylic acid groups (broad SMARTS) is 1. The summed E-state index contributed by atoms with van der Waals surface area (Å²) in [7, 11) is 1.90. The summed E-state index contributed by atoms with van der Waals surface area (Å²) in [5.74, 6) is 4.94. The molecular weight excluding hydrogens is 633 g/mol. The second-order valence-corrected chi connectivity index (χ2v) is 18.7. The highest BCUT2D eigenvalue weighted by Crippen LogP contribution is 2.37. The van der Waals surface area contributed by atoms with E-state index in [1.165, 1.54) is 17.4 Å². The van der Waals surface area contributed by atoms with Gasteiger partial charge in [-0.15, -0.1) is 21.5 Å². The monoisotopic (exact) mass is 675 g/mol. The van der Waals surface area contributed by atoms with Crippen molar-refractivity contribution in [3.8, 4) is 17.6 Å². The number of hydrogen-bond donors (Lipinski definition) is 1. The molecule has 0 unspecified atom stereocenters. The predicted octanol–water partition coefficient (Wildman–Crippen LogP) is 7.21. The quantitative estimate of drug-likeness (QED) is 0.108. The number of hydrogen-bond acceptors (Lipinski definition) is 9. The van der Waals surface area contributed by atoms with Crippen molar-refractivity contribution in [3.05, 3.63) is 56.9 Å². The molecule has 3 rings (SSSR count). The number of carboxylic acids is 1. The molecular formula is C32H43ClFN5O4SSi. The minimum atomic E-state index is -1.93. The molecule has 0 aliphatic carbocycles. The maximum absolute atomic E-state index is 14.6. The molecule has 9 nitrogen and oxygen atoms in total. The van der Waals surface area contributed by atoms with Gasteiger partial charge in [0.2, 0.25) is 0 Å². The van der Waals surface area contributed by atoms with Crippen LogP contribution in [0.4, 0.5) is 15.3 Å². The molecule has 0 amide bonds. The molecule has 1 aromatic carbocycles. The van der Waals surface area contributed by atoms with Gasteiger partial charge in [-0.3, -0.25) is 4.90 Å². The zero-order valence-electron chi connectivity index (χ0n) is 27.3. The smallest absolute Gasteiger partial charge is 0.355 e. The fourth-order valence-electron chi connectivity index (χ4n) is 3.86. The largest absolute Gasteiger partial charge is 0.491 e. The van der Waals surface area contributed by atoms with Crippen molar-refractivity contribution in [1.29, 1.82) is 0 Å². The Hall–Kier alpha value is -3.08. The van der Waals surface area contributed by atoms with Crippen LogP contribution in [0.1, 0.15) is 60.1 Å². The van der Waals surface area contributed by atoms with Gasteiger partial charge in [0.05, 0.1) is 13.2 Å². The van der Waals surface area contributed by atoms with Crippen molar-refractivity contribution < 1.29 is 23.5 Å². The lowest BCUT2D eigenvalue weighted by Crippen LogP contribution is -2.41. The standard InChI is InChI=1S/C32H43ClFN5O4SSi/c1-22-20-27(36-37-29(22)33)39(17-11-19-43-45(7,8)32(2,3)4)31-35-28(30(40)41)26(44-31)13-10-18-42-25-15-14-23(21-24(25)34)12-9-16-38(5)6/h14-15,20-21H,10-11,13,16-19H2,1-8H3,(H,40,41). The molecule has 1 N–H and O–H groups in total. The highest BCUT2D eigenvalue weighted by Gasteiger charge is 2.37. The first-order valence-corrected chi connectivity index (χ1v) is 18.9. The van der Waals surface area contributed by atoms with E-state index in [0.29, 0.717) is 65.5 Å². The van der Waals surface area contributed by atoms with Gasteiger partial charge in [-0.2, -0.15) is 0 Å². The van der Waals surface area contributed by atoms with Gasteiger partial charge in [-0.25, -0.2) is 14.2 Å². The zero-order valence-corrected chi connectivity index (χ0v) is 29.9. The van der Waals surface area contributed by atoms with Gasteiger partial charge in [-0.05, 0) is 88.2 Å². The van der Waals surface area contributed by atoms with Crippen LogP contribution in [0.15, 0.2) is 24.3 Å². The van der Waals surface area contributed by atoms with E-state index in [4.69, 9.17) is 20.8 Å². The number of nitrogens with zero attached hydrogens (tertiary/aromatic N) is 5. The Morgan fingerprint density at radius 2 is 1.89 bits per heavy atom. The van der Waals surface area contributed by atoms with E-state index in [-0.39, 0.29) is 23.1 Å². The van der Waals surface area contributed by atoms with Crippen LogP contribution in [0.2, 0.25) is 23.3 Å². The molecule has 45 heavy (non-hydrogen) atoms. The highest BCUT2D eigenvalue weighted by atomic mass is 35.5. The maximum Gasteiger partial charge on any atom is 0.355 e. The summed E-state index contributed by atoms with van der Waals surface area (Å²) in [6.45, 7) is 14.7. The number of ether oxygens (including phenoxy) is 1. The third-order valence-electron chi connectivity index (χ3n) is 7.47. The number of benzene rings is 1. The van der Waals surface area contributed by atoms with E-state index in [2.05, 4.69) is 60.9 Å². The van der Waals surface area contributed by atoms with Gasteiger partial charge in [0.25, 0.3) is 0 Å². The van der Waals surface area contributed by atoms with E-state index in [9.17, 15) is 14.3 Å². The van der Waals surface area contributed by atoms with Crippen molar-refractivity contribution in [3.63, 3.8) is 0 Å². The first-order chi connectivity index (χ1) is 21.1. The molecule has 0 atom stereocenters. The van der Waals surface area contributed by atoms with Crippen molar-refractivity contribution in [2.75, 3.05) is 45.3 Å². The number of aryl methyl sites for hydroxylation is 2. The van der Waals surface area contributed by atoms with Crippen molar-refractivity contribution in [2.24, 2.45) is 0 Å². The molecule has 0 saturated carbocycles. The normalized spacial score (nSPS) is 11.8. The summed E-state index contributed by atoms with van der Waals surface area (Å²) in [4.78, 5) is 21.1. The van der Waals surface area contributed by atoms with Crippen LogP contribution < -0.4 is 9.64 Å². The number of aromatic carboxylic acids is 1. The Bertz CT molecular complexity index is 1530. The van der Waals surface area contributed by atoms with Crippen molar-refractivity contribution >= 4 is 48.2 Å². The number of aromatic nitrogens is 3. The topological polar surface area (TPSA) is 101 Å². The average molecular weight is 676 g/mol. The second kappa shape index (κ2) is 16.0. The molecule has 3 aromatic rings. The number of halogens is 2. The van der Waals surface area contributed by atoms with Crippen LogP contribution in [-0.4, -0.2) is 79.9 Å². The van der Waals surface area contributed by atoms with Gasteiger partial charge in [0.15, 0.2) is 41.7 Å². The lowest BCUT2D eigenvalue weighted by Gasteiger charge is -2.36. The van der Waals surface area contributed by atoms with Crippen molar-refractivity contribution in [1.82, 2.24) is 20.1 Å². The molecule has 0 saturated heterocycles. The van der Waals surface area contributed by atoms with Gasteiger partial charge < -0.3 is 19.2 Å². The van der Waals surface area contributed by atoms with Crippen LogP contribution in [0.3, 0.4) is 0 Å². The number of carbonyl (C=O) groups is 1. The summed E-state index contributed by atoms with van der Waals surface area (Å²) < 4.78 is 26.6. The van der Waals surface area contributed by atoms with E-state index >= 15 is 0 Å². The number of anilines is 2. The van der Waals surface area contributed by atoms with E-state index in [1.807, 2.05) is 36.9 Å². The summed E-state index contributed by atoms with van der Waals surface area (Å²) in [5.41, 5.74) is 1.29. The van der Waals surface area contributed by atoms with Gasteiger partial charge in [0.1, 0.15) is 0 Å². The summed E-state index contributed by atoms with van der Waals surface area (Å²) >= 11 is 7.43. The molecule has 0 fully saturated rings. The third-order valence-corrected chi connectivity index (χ3v) is 13.5. The summed E-state index contributed by atoms with van der Waals surface area (Å²) in [5, 5.41) is 19.2. The van der Waals surface area contributed by atoms with Gasteiger partial charge in [0, 0.05) is 23.6 Å². The van der Waals surface area contributed by atoms with Crippen LogP contribution in [0.25, 0.3) is 0 Å². The highest BCUT2D eigenvalue weighted by molar-refractivity contribution is 7.16. The zero-order chi connectivity index (χ0) is 33.4. The molecule has 0 bridgehead atoms. The lowest BCUT2D eigenvalue weighted by molar-refractivity contribution is 0.0690. The van der Waals surface area contributed by atoms with Crippen molar-refractivity contribution in [2.45, 2.75) is 65.1 Å². The Morgan fingerprint density at radius 1 is 1.16 bits per heavy atom. The Balaban J connectivity index is 1.72. The molecule has 0 aliphatic heterocycles. The number of thiazole rings is 1. The molecule has 2 aromatic heterocycles. The maximum atomic E-state index is 14.6. The Kier molecular flexibility index (Phi) is 12.9. The molecule has 0 radical (unpaired) electrons. The molecule has 2 heterocycles. The SMILES string of the molecule is Cc1cc(N(CCCO[Si](C)(C)C(C)(C)C)c2nc(C(=O)O)c(CCCOc3ccc(C#CCN(C)C)cc3F)s2)nnc1Cl. The first-order valence-electron chi connectivity index (χ1n) is 14.8. The fraction of sp³-hybridized carbons (Fsp3) is 0.500. The average Bonchev–Trinajstić information content (AvgIpc) is 3.37. The Labute approximate surface area is 275 Å². The third kappa shape index (κ3) is 10.5. The Morgan fingerprint density at radius 3 is 2.51 bits per heavy atom. The molecule has 0 aliphatic rings. The lowest BCUT2D eigenvalue weighted by atomic mass is 10.2. The first kappa shape index (κ1) is 36.4. The van der Waals surface area contributed by atoms with E-state index in [0.717, 1.165) is 5.56 Å². The predicted molar refractivity (Wildman–Crippen MR) is 181 cm³/mol. The minimum absolute atomic E-state index is 0.0250. The fourth-order valence-corrected chi connectivity index (χ4v) is 6.17. The van der Waals surface area contributed by atoms with Crippen LogP contribution in [-0.2, 0) is 10.8 Å². The van der Waals surface area contributed by atoms with Crippen LogP contribution in [0, 0.1) is 24.6 Å². The van der Waals surface area contributed by atoms with E-state index < -0.39 is 20.1 Å². The van der Waals surface area contributed by atoms with Gasteiger partial charge in [-0.1, -0.05) is 44.2 Å². The number of rotatable bonds is 14. The minimum Gasteiger partial charge on any atom is -0.491 e. The molecule has 0 spiro atoms. The molecule has 13 heteroatoms. The van der Waals surface area contributed by atoms with Crippen LogP contribution >= 0.6 is 22.9 Å². The molecule has 244 valence electrons. The van der Waals surface area contributed by atoms with Crippen LogP contribution in [0.5, 0.6) is 5.75 Å². The summed E-state index contributed by atoms with van der Waals surface area (Å²) in [6, 6.07) is 6.44.